The summed E-state index contributed by atoms with van der Waals surface area (Å²) in [4.78, 5) is 8.20. The molecule has 0 saturated carbocycles. The topological polar surface area (TPSA) is 39.7 Å². The molecule has 23 heavy (non-hydrogen) atoms. The Morgan fingerprint density at radius 1 is 1.22 bits per heavy atom. The van der Waals surface area contributed by atoms with Crippen LogP contribution in [-0.2, 0) is 5.41 Å². The fourth-order valence-electron chi connectivity index (χ4n) is 2.48. The number of nitrogens with zero attached hydrogens (tertiary/aromatic N) is 2. The third kappa shape index (κ3) is 7.36. The van der Waals surface area contributed by atoms with Crippen molar-refractivity contribution in [1.82, 2.24) is 15.5 Å². The van der Waals surface area contributed by atoms with Gasteiger partial charge < -0.3 is 15.5 Å². The molecule has 0 aromatic carbocycles. The monoisotopic (exact) mass is 338 g/mol. The fourth-order valence-corrected chi connectivity index (χ4v) is 3.34. The van der Waals surface area contributed by atoms with E-state index in [1.54, 1.807) is 0 Å². The van der Waals surface area contributed by atoms with Crippen LogP contribution in [0.1, 0.15) is 45.4 Å². The molecule has 0 aliphatic rings. The van der Waals surface area contributed by atoms with E-state index in [9.17, 15) is 0 Å². The number of unbranched alkanes of at least 4 members (excludes halogenated alkanes) is 1. The molecule has 0 radical (unpaired) electrons. The van der Waals surface area contributed by atoms with Crippen molar-refractivity contribution in [3.63, 3.8) is 0 Å². The SMILES string of the molecule is CCN(CC)CCCCNC(=NC)NCC(C)(C)c1cccs1. The lowest BCUT2D eigenvalue weighted by atomic mass is 9.91. The molecule has 1 aromatic rings. The second kappa shape index (κ2) is 10.7. The molecule has 0 unspecified atom stereocenters. The predicted molar refractivity (Wildman–Crippen MR) is 104 cm³/mol. The van der Waals surface area contributed by atoms with Gasteiger partial charge in [-0.25, -0.2) is 0 Å². The van der Waals surface area contributed by atoms with Gasteiger partial charge in [-0.15, -0.1) is 11.3 Å². The number of guanidine groups is 1. The summed E-state index contributed by atoms with van der Waals surface area (Å²) in [6.45, 7) is 14.3. The zero-order chi connectivity index (χ0) is 17.1. The first-order valence-electron chi connectivity index (χ1n) is 8.74. The smallest absolute Gasteiger partial charge is 0.191 e. The summed E-state index contributed by atoms with van der Waals surface area (Å²) in [7, 11) is 1.84. The summed E-state index contributed by atoms with van der Waals surface area (Å²) in [5.74, 6) is 0.900. The van der Waals surface area contributed by atoms with Gasteiger partial charge in [0.2, 0.25) is 0 Å². The number of nitrogens with one attached hydrogen (secondary N) is 2. The lowest BCUT2D eigenvalue weighted by Crippen LogP contribution is -2.43. The molecule has 5 heteroatoms. The Balaban J connectivity index is 2.25. The van der Waals surface area contributed by atoms with Gasteiger partial charge in [-0.3, -0.25) is 4.99 Å². The van der Waals surface area contributed by atoms with Crippen LogP contribution in [0.4, 0.5) is 0 Å². The van der Waals surface area contributed by atoms with Crippen LogP contribution in [0.2, 0.25) is 0 Å². The van der Waals surface area contributed by atoms with Crippen molar-refractivity contribution in [3.8, 4) is 0 Å². The summed E-state index contributed by atoms with van der Waals surface area (Å²) in [5.41, 5.74) is 0.120. The highest BCUT2D eigenvalue weighted by Crippen LogP contribution is 2.26. The minimum Gasteiger partial charge on any atom is -0.356 e. The summed E-state index contributed by atoms with van der Waals surface area (Å²) in [6.07, 6.45) is 2.40. The molecular weight excluding hydrogens is 304 g/mol. The number of hydrogen-bond acceptors (Lipinski definition) is 3. The molecule has 1 heterocycles. The van der Waals surface area contributed by atoms with Crippen LogP contribution in [0.15, 0.2) is 22.5 Å². The van der Waals surface area contributed by atoms with Crippen molar-refractivity contribution in [2.45, 2.75) is 46.0 Å². The highest BCUT2D eigenvalue weighted by atomic mass is 32.1. The van der Waals surface area contributed by atoms with E-state index in [1.165, 1.54) is 24.3 Å². The zero-order valence-corrected chi connectivity index (χ0v) is 16.3. The first-order valence-corrected chi connectivity index (χ1v) is 9.62. The molecule has 4 nitrogen and oxygen atoms in total. The maximum absolute atomic E-state index is 4.32. The molecule has 0 amide bonds. The second-order valence-electron chi connectivity index (χ2n) is 6.45. The molecule has 0 fully saturated rings. The molecule has 0 aliphatic carbocycles. The van der Waals surface area contributed by atoms with Gasteiger partial charge in [-0.1, -0.05) is 33.8 Å². The number of thiophene rings is 1. The van der Waals surface area contributed by atoms with Gasteiger partial charge in [-0.2, -0.15) is 0 Å². The molecule has 0 spiro atoms. The van der Waals surface area contributed by atoms with Crippen molar-refractivity contribution in [2.75, 3.05) is 39.8 Å². The summed E-state index contributed by atoms with van der Waals surface area (Å²) >= 11 is 1.82. The van der Waals surface area contributed by atoms with Gasteiger partial charge in [0.25, 0.3) is 0 Å². The highest BCUT2D eigenvalue weighted by molar-refractivity contribution is 7.10. The first kappa shape index (κ1) is 20.0. The average Bonchev–Trinajstić information content (AvgIpc) is 3.09. The Kier molecular flexibility index (Phi) is 9.26. The number of hydrogen-bond donors (Lipinski definition) is 2. The van der Waals surface area contributed by atoms with Gasteiger partial charge in [0.15, 0.2) is 5.96 Å². The predicted octanol–water partition coefficient (Wildman–Crippen LogP) is 3.31. The van der Waals surface area contributed by atoms with Gasteiger partial charge in [0, 0.05) is 30.4 Å². The Morgan fingerprint density at radius 3 is 2.52 bits per heavy atom. The Hall–Kier alpha value is -1.07. The number of aliphatic imine (C=N–C) groups is 1. The van der Waals surface area contributed by atoms with Crippen LogP contribution < -0.4 is 10.6 Å². The standard InChI is InChI=1S/C18H34N4S/c1-6-22(7-2)13-9-8-12-20-17(19-5)21-15-18(3,4)16-11-10-14-23-16/h10-11,14H,6-9,12-13,15H2,1-5H3,(H2,19,20,21). The largest absolute Gasteiger partial charge is 0.356 e. The van der Waals surface area contributed by atoms with Crippen molar-refractivity contribution < 1.29 is 0 Å². The van der Waals surface area contributed by atoms with Gasteiger partial charge in [0.05, 0.1) is 0 Å². The molecule has 1 rings (SSSR count). The third-order valence-corrected chi connectivity index (χ3v) is 5.43. The molecule has 1 aromatic heterocycles. The van der Waals surface area contributed by atoms with Crippen molar-refractivity contribution >= 4 is 17.3 Å². The first-order chi connectivity index (χ1) is 11.0. The molecule has 0 atom stereocenters. The Labute approximate surface area is 146 Å². The zero-order valence-electron chi connectivity index (χ0n) is 15.5. The van der Waals surface area contributed by atoms with E-state index in [4.69, 9.17) is 0 Å². The van der Waals surface area contributed by atoms with E-state index in [0.717, 1.165) is 32.1 Å². The van der Waals surface area contributed by atoms with Crippen LogP contribution in [-0.4, -0.2) is 50.6 Å². The quantitative estimate of drug-likeness (QED) is 0.391. The average molecular weight is 339 g/mol. The normalized spacial score (nSPS) is 12.7. The minimum atomic E-state index is 0.120. The van der Waals surface area contributed by atoms with Crippen molar-refractivity contribution in [3.05, 3.63) is 22.4 Å². The lowest BCUT2D eigenvalue weighted by molar-refractivity contribution is 0.297. The van der Waals surface area contributed by atoms with Gasteiger partial charge in [0.1, 0.15) is 0 Å². The summed E-state index contributed by atoms with van der Waals surface area (Å²) in [6, 6.07) is 4.32. The molecule has 2 N–H and O–H groups in total. The van der Waals surface area contributed by atoms with Crippen LogP contribution in [0, 0.1) is 0 Å². The van der Waals surface area contributed by atoms with E-state index >= 15 is 0 Å². The lowest BCUT2D eigenvalue weighted by Gasteiger charge is -2.25. The van der Waals surface area contributed by atoms with E-state index in [-0.39, 0.29) is 5.41 Å². The van der Waals surface area contributed by atoms with E-state index < -0.39 is 0 Å². The molecule has 0 aliphatic heterocycles. The molecule has 0 saturated heterocycles. The molecule has 132 valence electrons. The van der Waals surface area contributed by atoms with Crippen LogP contribution in [0.25, 0.3) is 0 Å². The van der Waals surface area contributed by atoms with Crippen LogP contribution >= 0.6 is 11.3 Å². The Morgan fingerprint density at radius 2 is 1.96 bits per heavy atom. The van der Waals surface area contributed by atoms with Crippen LogP contribution in [0.3, 0.4) is 0 Å². The van der Waals surface area contributed by atoms with Crippen molar-refractivity contribution in [1.29, 1.82) is 0 Å². The summed E-state index contributed by atoms with van der Waals surface area (Å²) < 4.78 is 0. The van der Waals surface area contributed by atoms with Crippen LogP contribution in [0.5, 0.6) is 0 Å². The number of rotatable bonds is 10. The third-order valence-electron chi connectivity index (χ3n) is 4.20. The minimum absolute atomic E-state index is 0.120. The van der Waals surface area contributed by atoms with E-state index in [2.05, 4.69) is 65.7 Å². The van der Waals surface area contributed by atoms with E-state index in [0.29, 0.717) is 0 Å². The van der Waals surface area contributed by atoms with Crippen molar-refractivity contribution in [2.24, 2.45) is 4.99 Å². The maximum Gasteiger partial charge on any atom is 0.191 e. The molecule has 0 bridgehead atoms. The highest BCUT2D eigenvalue weighted by Gasteiger charge is 2.21. The second-order valence-corrected chi connectivity index (χ2v) is 7.40. The maximum atomic E-state index is 4.32. The molecular formula is C18H34N4S. The Bertz CT molecular complexity index is 436. The van der Waals surface area contributed by atoms with Gasteiger partial charge in [-0.05, 0) is 43.9 Å². The fraction of sp³-hybridized carbons (Fsp3) is 0.722. The van der Waals surface area contributed by atoms with E-state index in [1.807, 2.05) is 18.4 Å². The van der Waals surface area contributed by atoms with Gasteiger partial charge >= 0.3 is 0 Å². The summed E-state index contributed by atoms with van der Waals surface area (Å²) in [5, 5.41) is 9.01.